The highest BCUT2D eigenvalue weighted by atomic mass is 16.5. The molecule has 0 amide bonds. The molecule has 0 bridgehead atoms. The standard InChI is InChI=1S/C52H35NO/c53-48(35-27-29-37(30-28-35)51(36-14-2-1-3-15-36)42-20-8-4-16-38(42)39-17-5-9-21-43(39)51)32-34-26-31-47-50(33-34)54-49-25-13-12-24-46(49)52(47)44-22-10-6-18-40(44)41-19-7-11-23-45(41)52/h1-31,33,53H,32H2. The maximum absolute atomic E-state index is 9.36. The molecule has 254 valence electrons. The first-order chi connectivity index (χ1) is 26.7. The van der Waals surface area contributed by atoms with Crippen molar-refractivity contribution < 1.29 is 4.74 Å². The van der Waals surface area contributed by atoms with Crippen molar-refractivity contribution in [3.8, 4) is 33.8 Å². The van der Waals surface area contributed by atoms with E-state index < -0.39 is 10.8 Å². The van der Waals surface area contributed by atoms with E-state index in [1.54, 1.807) is 0 Å². The summed E-state index contributed by atoms with van der Waals surface area (Å²) >= 11 is 0. The molecule has 1 N–H and O–H groups in total. The molecule has 1 aliphatic heterocycles. The van der Waals surface area contributed by atoms with E-state index >= 15 is 0 Å². The van der Waals surface area contributed by atoms with E-state index in [0.717, 1.165) is 33.8 Å². The minimum absolute atomic E-state index is 0.450. The maximum atomic E-state index is 9.36. The van der Waals surface area contributed by atoms with E-state index in [0.29, 0.717) is 12.1 Å². The SMILES string of the molecule is N=C(Cc1ccc2c(c1)Oc1ccccc1C21c2ccccc2-c2ccccc21)c1ccc(C2(c3ccccc3)c3ccccc3-c3ccccc32)cc1. The highest BCUT2D eigenvalue weighted by Gasteiger charge is 2.51. The lowest BCUT2D eigenvalue weighted by atomic mass is 9.66. The second kappa shape index (κ2) is 11.6. The van der Waals surface area contributed by atoms with Gasteiger partial charge < -0.3 is 10.1 Å². The Morgan fingerprint density at radius 1 is 0.389 bits per heavy atom. The molecule has 8 aromatic rings. The predicted octanol–water partition coefficient (Wildman–Crippen LogP) is 12.1. The largest absolute Gasteiger partial charge is 0.457 e. The van der Waals surface area contributed by atoms with E-state index in [9.17, 15) is 5.41 Å². The molecule has 54 heavy (non-hydrogen) atoms. The summed E-state index contributed by atoms with van der Waals surface area (Å²) < 4.78 is 6.73. The topological polar surface area (TPSA) is 33.1 Å². The first kappa shape index (κ1) is 30.8. The van der Waals surface area contributed by atoms with Gasteiger partial charge in [-0.2, -0.15) is 0 Å². The molecular formula is C52H35NO. The zero-order valence-electron chi connectivity index (χ0n) is 29.6. The van der Waals surface area contributed by atoms with Gasteiger partial charge in [-0.15, -0.1) is 0 Å². The van der Waals surface area contributed by atoms with Crippen molar-refractivity contribution in [3.05, 3.63) is 250 Å². The van der Waals surface area contributed by atoms with Crippen molar-refractivity contribution >= 4 is 5.71 Å². The number of hydrogen-bond acceptors (Lipinski definition) is 2. The van der Waals surface area contributed by atoms with Crippen molar-refractivity contribution in [2.45, 2.75) is 17.3 Å². The van der Waals surface area contributed by atoms with Crippen LogP contribution in [0.4, 0.5) is 0 Å². The van der Waals surface area contributed by atoms with Crippen LogP contribution >= 0.6 is 0 Å². The molecule has 0 atom stereocenters. The quantitative estimate of drug-likeness (QED) is 0.179. The van der Waals surface area contributed by atoms with Crippen LogP contribution in [-0.4, -0.2) is 5.71 Å². The van der Waals surface area contributed by atoms with Gasteiger partial charge in [-0.05, 0) is 78.9 Å². The summed E-state index contributed by atoms with van der Waals surface area (Å²) in [6.45, 7) is 0. The molecule has 0 saturated heterocycles. The van der Waals surface area contributed by atoms with E-state index in [1.165, 1.54) is 55.6 Å². The third-order valence-corrected chi connectivity index (χ3v) is 12.1. The summed E-state index contributed by atoms with van der Waals surface area (Å²) in [7, 11) is 0. The minimum atomic E-state index is -0.481. The summed E-state index contributed by atoms with van der Waals surface area (Å²) in [4.78, 5) is 0. The molecule has 0 saturated carbocycles. The van der Waals surface area contributed by atoms with Crippen LogP contribution in [0.25, 0.3) is 22.3 Å². The first-order valence-electron chi connectivity index (χ1n) is 18.7. The van der Waals surface area contributed by atoms with Gasteiger partial charge in [0.25, 0.3) is 0 Å². The normalized spacial score (nSPS) is 14.5. The Hall–Kier alpha value is -6.77. The molecule has 3 aliphatic rings. The van der Waals surface area contributed by atoms with Crippen molar-refractivity contribution in [2.24, 2.45) is 0 Å². The third kappa shape index (κ3) is 4.08. The van der Waals surface area contributed by atoms with Crippen LogP contribution in [0.15, 0.2) is 194 Å². The number of benzene rings is 8. The summed E-state index contributed by atoms with van der Waals surface area (Å²) in [5.41, 5.74) is 16.6. The van der Waals surface area contributed by atoms with Crippen LogP contribution in [0.1, 0.15) is 55.6 Å². The number of para-hydroxylation sites is 1. The van der Waals surface area contributed by atoms with Gasteiger partial charge >= 0.3 is 0 Å². The third-order valence-electron chi connectivity index (χ3n) is 12.1. The predicted molar refractivity (Wildman–Crippen MR) is 218 cm³/mol. The van der Waals surface area contributed by atoms with E-state index in [2.05, 4.69) is 194 Å². The Balaban J connectivity index is 0.978. The highest BCUT2D eigenvalue weighted by Crippen LogP contribution is 2.62. The van der Waals surface area contributed by atoms with Gasteiger partial charge in [0.2, 0.25) is 0 Å². The van der Waals surface area contributed by atoms with Crippen LogP contribution in [-0.2, 0) is 17.3 Å². The van der Waals surface area contributed by atoms with Crippen LogP contribution in [0.2, 0.25) is 0 Å². The zero-order chi connectivity index (χ0) is 35.9. The highest BCUT2D eigenvalue weighted by molar-refractivity contribution is 6.00. The molecule has 2 nitrogen and oxygen atoms in total. The van der Waals surface area contributed by atoms with Gasteiger partial charge in [0.05, 0.1) is 10.8 Å². The molecule has 1 heterocycles. The molecule has 0 fully saturated rings. The number of fused-ring (bicyclic) bond motifs is 12. The lowest BCUT2D eigenvalue weighted by Crippen LogP contribution is -2.32. The number of hydrogen-bond donors (Lipinski definition) is 1. The smallest absolute Gasteiger partial charge is 0.132 e. The van der Waals surface area contributed by atoms with Crippen LogP contribution < -0.4 is 4.74 Å². The van der Waals surface area contributed by atoms with Gasteiger partial charge in [0.1, 0.15) is 11.5 Å². The average molecular weight is 690 g/mol. The van der Waals surface area contributed by atoms with Crippen LogP contribution in [0.3, 0.4) is 0 Å². The van der Waals surface area contributed by atoms with E-state index in [1.807, 2.05) is 0 Å². The minimum Gasteiger partial charge on any atom is -0.457 e. The van der Waals surface area contributed by atoms with Crippen molar-refractivity contribution in [1.29, 1.82) is 5.41 Å². The Morgan fingerprint density at radius 2 is 0.833 bits per heavy atom. The number of rotatable bonds is 5. The van der Waals surface area contributed by atoms with Crippen molar-refractivity contribution in [3.63, 3.8) is 0 Å². The van der Waals surface area contributed by atoms with Crippen LogP contribution in [0.5, 0.6) is 11.5 Å². The second-order valence-corrected chi connectivity index (χ2v) is 14.7. The molecule has 11 rings (SSSR count). The van der Waals surface area contributed by atoms with Gasteiger partial charge in [-0.1, -0.05) is 182 Å². The van der Waals surface area contributed by atoms with Gasteiger partial charge in [-0.3, -0.25) is 0 Å². The molecule has 0 unspecified atom stereocenters. The fourth-order valence-corrected chi connectivity index (χ4v) is 9.95. The maximum Gasteiger partial charge on any atom is 0.132 e. The number of ether oxygens (including phenoxy) is 1. The van der Waals surface area contributed by atoms with E-state index in [-0.39, 0.29) is 0 Å². The monoisotopic (exact) mass is 689 g/mol. The van der Waals surface area contributed by atoms with Crippen molar-refractivity contribution in [2.75, 3.05) is 0 Å². The summed E-state index contributed by atoms with van der Waals surface area (Å²) in [6.07, 6.45) is 0.493. The summed E-state index contributed by atoms with van der Waals surface area (Å²) in [6, 6.07) is 69.9. The lowest BCUT2D eigenvalue weighted by molar-refractivity contribution is 0.436. The van der Waals surface area contributed by atoms with Gasteiger partial charge in [-0.25, -0.2) is 0 Å². The molecule has 2 heteroatoms. The summed E-state index contributed by atoms with van der Waals surface area (Å²) in [5.74, 6) is 1.73. The average Bonchev–Trinajstić information content (AvgIpc) is 3.70. The summed E-state index contributed by atoms with van der Waals surface area (Å²) in [5, 5.41) is 9.36. The first-order valence-corrected chi connectivity index (χ1v) is 18.7. The van der Waals surface area contributed by atoms with Gasteiger partial charge in [0, 0.05) is 23.3 Å². The number of nitrogens with one attached hydrogen (secondary N) is 1. The molecule has 8 aromatic carbocycles. The molecule has 1 spiro atoms. The molecule has 0 radical (unpaired) electrons. The Kier molecular flexibility index (Phi) is 6.63. The second-order valence-electron chi connectivity index (χ2n) is 14.7. The fourth-order valence-electron chi connectivity index (χ4n) is 9.95. The van der Waals surface area contributed by atoms with Crippen molar-refractivity contribution in [1.82, 2.24) is 0 Å². The molecule has 0 aromatic heterocycles. The Bertz CT molecular complexity index is 2700. The Morgan fingerprint density at radius 3 is 1.41 bits per heavy atom. The Labute approximate surface area is 315 Å². The fraction of sp³-hybridized carbons (Fsp3) is 0.0577. The molecule has 2 aliphatic carbocycles. The van der Waals surface area contributed by atoms with Crippen LogP contribution in [0, 0.1) is 5.41 Å². The lowest BCUT2D eigenvalue weighted by Gasteiger charge is -2.39. The zero-order valence-corrected chi connectivity index (χ0v) is 29.6. The molecular weight excluding hydrogens is 655 g/mol. The van der Waals surface area contributed by atoms with Gasteiger partial charge in [0.15, 0.2) is 0 Å². The van der Waals surface area contributed by atoms with E-state index in [4.69, 9.17) is 4.74 Å².